The van der Waals surface area contributed by atoms with E-state index in [1.165, 1.54) is 0 Å². The average molecular weight is 356 g/mol. The van der Waals surface area contributed by atoms with Gasteiger partial charge >= 0.3 is 11.9 Å². The van der Waals surface area contributed by atoms with Crippen molar-refractivity contribution in [3.05, 3.63) is 0 Å². The molecule has 0 heterocycles. The standard InChI is InChI=1S/C18H28O7/c19-14(18(25,17(23)24)15(20)16(21)22)13(11-7-3-1-4-8-11)12-9-5-2-6-10-12/h11-13,15,20,25H,1-10H2,(H,21,22)(H,23,24). The zero-order chi connectivity index (χ0) is 18.6. The average Bonchev–Trinajstić information content (AvgIpc) is 2.62. The zero-order valence-electron chi connectivity index (χ0n) is 14.4. The summed E-state index contributed by atoms with van der Waals surface area (Å²) in [5, 5.41) is 38.6. The highest BCUT2D eigenvalue weighted by molar-refractivity contribution is 6.11. The molecule has 0 bridgehead atoms. The summed E-state index contributed by atoms with van der Waals surface area (Å²) < 4.78 is 0. The number of rotatable bonds is 7. The monoisotopic (exact) mass is 356 g/mol. The van der Waals surface area contributed by atoms with Crippen LogP contribution in [-0.4, -0.2) is 49.9 Å². The second-order valence-corrected chi connectivity index (χ2v) is 7.50. The van der Waals surface area contributed by atoms with Gasteiger partial charge in [0.1, 0.15) is 0 Å². The fraction of sp³-hybridized carbons (Fsp3) is 0.833. The van der Waals surface area contributed by atoms with Crippen LogP contribution in [-0.2, 0) is 14.4 Å². The van der Waals surface area contributed by atoms with Gasteiger partial charge in [0.15, 0.2) is 11.9 Å². The van der Waals surface area contributed by atoms with Crippen LogP contribution in [0.3, 0.4) is 0 Å². The van der Waals surface area contributed by atoms with E-state index in [1.807, 2.05) is 0 Å². The SMILES string of the molecule is O=C(O)C(O)C(O)(C(=O)O)C(=O)C(C1CCCCC1)C1CCCCC1. The van der Waals surface area contributed by atoms with Crippen molar-refractivity contribution in [3.63, 3.8) is 0 Å². The number of hydrogen-bond donors (Lipinski definition) is 4. The number of carbonyl (C=O) groups excluding carboxylic acids is 1. The van der Waals surface area contributed by atoms with Crippen molar-refractivity contribution in [2.24, 2.45) is 17.8 Å². The van der Waals surface area contributed by atoms with Gasteiger partial charge in [-0.05, 0) is 37.5 Å². The number of Topliss-reactive ketones (excluding diaryl/α,β-unsaturated/α-hetero) is 1. The Kier molecular flexibility index (Phi) is 6.57. The lowest BCUT2D eigenvalue weighted by Gasteiger charge is -2.40. The maximum atomic E-state index is 13.1. The minimum absolute atomic E-state index is 0.0591. The van der Waals surface area contributed by atoms with Gasteiger partial charge in [-0.2, -0.15) is 0 Å². The smallest absolute Gasteiger partial charge is 0.347 e. The lowest BCUT2D eigenvalue weighted by molar-refractivity contribution is -0.190. The molecule has 2 aliphatic carbocycles. The van der Waals surface area contributed by atoms with Gasteiger partial charge in [0.05, 0.1) is 0 Å². The van der Waals surface area contributed by atoms with E-state index < -0.39 is 35.3 Å². The van der Waals surface area contributed by atoms with Gasteiger partial charge in [-0.1, -0.05) is 38.5 Å². The number of carboxylic acid groups (broad SMARTS) is 2. The van der Waals surface area contributed by atoms with Crippen molar-refractivity contribution in [3.8, 4) is 0 Å². The molecule has 7 nitrogen and oxygen atoms in total. The highest BCUT2D eigenvalue weighted by Crippen LogP contribution is 2.42. The molecule has 2 unspecified atom stereocenters. The van der Waals surface area contributed by atoms with Crippen LogP contribution < -0.4 is 0 Å². The van der Waals surface area contributed by atoms with Gasteiger partial charge in [-0.3, -0.25) is 4.79 Å². The Balaban J connectivity index is 2.37. The quantitative estimate of drug-likeness (QED) is 0.509. The molecule has 0 aromatic rings. The van der Waals surface area contributed by atoms with Crippen molar-refractivity contribution in [1.82, 2.24) is 0 Å². The van der Waals surface area contributed by atoms with Gasteiger partial charge < -0.3 is 20.4 Å². The molecule has 0 aromatic carbocycles. The Bertz CT molecular complexity index is 488. The Labute approximate surface area is 147 Å². The molecular formula is C18H28O7. The summed E-state index contributed by atoms with van der Waals surface area (Å²) in [5.74, 6) is -5.77. The lowest BCUT2D eigenvalue weighted by Crippen LogP contribution is -2.62. The molecule has 2 fully saturated rings. The molecule has 2 aliphatic rings. The summed E-state index contributed by atoms with van der Waals surface area (Å²) in [6, 6.07) is 0. The van der Waals surface area contributed by atoms with E-state index in [9.17, 15) is 29.7 Å². The molecule has 2 saturated carbocycles. The maximum Gasteiger partial charge on any atom is 0.347 e. The van der Waals surface area contributed by atoms with Crippen LogP contribution in [0.25, 0.3) is 0 Å². The van der Waals surface area contributed by atoms with Crippen LogP contribution in [0.5, 0.6) is 0 Å². The topological polar surface area (TPSA) is 132 Å². The van der Waals surface area contributed by atoms with E-state index in [0.717, 1.165) is 64.2 Å². The highest BCUT2D eigenvalue weighted by atomic mass is 16.4. The molecule has 0 spiro atoms. The largest absolute Gasteiger partial charge is 0.479 e. The van der Waals surface area contributed by atoms with Gasteiger partial charge in [0.2, 0.25) is 0 Å². The van der Waals surface area contributed by atoms with E-state index >= 15 is 0 Å². The van der Waals surface area contributed by atoms with E-state index in [0.29, 0.717) is 0 Å². The Hall–Kier alpha value is -1.47. The first-order valence-corrected chi connectivity index (χ1v) is 9.21. The number of carbonyl (C=O) groups is 3. The first-order chi connectivity index (χ1) is 11.8. The third kappa shape index (κ3) is 4.03. The molecule has 7 heteroatoms. The van der Waals surface area contributed by atoms with E-state index in [1.54, 1.807) is 0 Å². The third-order valence-corrected chi connectivity index (χ3v) is 5.95. The minimum atomic E-state index is -3.30. The van der Waals surface area contributed by atoms with Gasteiger partial charge in [0, 0.05) is 5.92 Å². The van der Waals surface area contributed by atoms with Crippen LogP contribution in [0, 0.1) is 17.8 Å². The number of aliphatic carboxylic acids is 2. The Morgan fingerprint density at radius 1 is 0.800 bits per heavy atom. The Morgan fingerprint density at radius 3 is 1.52 bits per heavy atom. The Morgan fingerprint density at radius 2 is 1.20 bits per heavy atom. The number of ketones is 1. The van der Waals surface area contributed by atoms with Crippen molar-refractivity contribution < 1.29 is 34.8 Å². The van der Waals surface area contributed by atoms with Crippen LogP contribution >= 0.6 is 0 Å². The summed E-state index contributed by atoms with van der Waals surface area (Å²) in [6.45, 7) is 0. The van der Waals surface area contributed by atoms with Crippen LogP contribution in [0.2, 0.25) is 0 Å². The van der Waals surface area contributed by atoms with Crippen molar-refractivity contribution in [1.29, 1.82) is 0 Å². The second kappa shape index (κ2) is 8.27. The molecule has 0 saturated heterocycles. The molecule has 0 aliphatic heterocycles. The summed E-state index contributed by atoms with van der Waals surface area (Å²) in [6.07, 6.45) is 6.28. The first kappa shape index (κ1) is 19.8. The predicted octanol–water partition coefficient (Wildman–Crippen LogP) is 1.59. The predicted molar refractivity (Wildman–Crippen MR) is 87.9 cm³/mol. The van der Waals surface area contributed by atoms with Crippen molar-refractivity contribution in [2.75, 3.05) is 0 Å². The van der Waals surface area contributed by atoms with Crippen LogP contribution in [0.1, 0.15) is 64.2 Å². The zero-order valence-corrected chi connectivity index (χ0v) is 14.4. The van der Waals surface area contributed by atoms with E-state index in [2.05, 4.69) is 0 Å². The van der Waals surface area contributed by atoms with Gasteiger partial charge in [0.25, 0.3) is 5.60 Å². The molecule has 25 heavy (non-hydrogen) atoms. The third-order valence-electron chi connectivity index (χ3n) is 5.95. The van der Waals surface area contributed by atoms with Crippen molar-refractivity contribution >= 4 is 17.7 Å². The van der Waals surface area contributed by atoms with Crippen molar-refractivity contribution in [2.45, 2.75) is 75.9 Å². The molecule has 2 atom stereocenters. The van der Waals surface area contributed by atoms with E-state index in [-0.39, 0.29) is 11.8 Å². The molecule has 0 radical (unpaired) electrons. The molecule has 2 rings (SSSR count). The number of carboxylic acids is 2. The number of aliphatic hydroxyl groups is 2. The van der Waals surface area contributed by atoms with Crippen LogP contribution in [0.15, 0.2) is 0 Å². The highest BCUT2D eigenvalue weighted by Gasteiger charge is 2.58. The number of aliphatic hydroxyl groups excluding tert-OH is 1. The first-order valence-electron chi connectivity index (χ1n) is 9.21. The molecule has 0 amide bonds. The number of hydrogen-bond acceptors (Lipinski definition) is 5. The molecule has 142 valence electrons. The summed E-state index contributed by atoms with van der Waals surface area (Å²) in [5.41, 5.74) is -3.30. The molecular weight excluding hydrogens is 328 g/mol. The second-order valence-electron chi connectivity index (χ2n) is 7.50. The minimum Gasteiger partial charge on any atom is -0.479 e. The molecule has 0 aromatic heterocycles. The van der Waals surface area contributed by atoms with Gasteiger partial charge in [-0.25, -0.2) is 9.59 Å². The fourth-order valence-corrected chi connectivity index (χ4v) is 4.59. The summed E-state index contributed by atoms with van der Waals surface area (Å²) in [4.78, 5) is 35.8. The maximum absolute atomic E-state index is 13.1. The van der Waals surface area contributed by atoms with Gasteiger partial charge in [-0.15, -0.1) is 0 Å². The lowest BCUT2D eigenvalue weighted by atomic mass is 9.64. The fourth-order valence-electron chi connectivity index (χ4n) is 4.59. The molecule has 4 N–H and O–H groups in total. The van der Waals surface area contributed by atoms with Crippen LogP contribution in [0.4, 0.5) is 0 Å². The summed E-state index contributed by atoms with van der Waals surface area (Å²) in [7, 11) is 0. The summed E-state index contributed by atoms with van der Waals surface area (Å²) >= 11 is 0. The van der Waals surface area contributed by atoms with E-state index in [4.69, 9.17) is 5.11 Å². The normalized spacial score (nSPS) is 23.8.